The van der Waals surface area contributed by atoms with Crippen LogP contribution in [0.25, 0.3) is 0 Å². The van der Waals surface area contributed by atoms with Crippen molar-refractivity contribution in [3.05, 3.63) is 29.8 Å². The number of hydrogen-bond acceptors (Lipinski definition) is 3. The van der Waals surface area contributed by atoms with Crippen molar-refractivity contribution in [1.29, 1.82) is 0 Å². The van der Waals surface area contributed by atoms with Crippen LogP contribution in [0.1, 0.15) is 37.7 Å². The summed E-state index contributed by atoms with van der Waals surface area (Å²) in [6.45, 7) is 0. The van der Waals surface area contributed by atoms with Gasteiger partial charge in [0.1, 0.15) is 0 Å². The molecule has 0 aromatic heterocycles. The van der Waals surface area contributed by atoms with Crippen LogP contribution in [0.4, 0.5) is 5.69 Å². The van der Waals surface area contributed by atoms with Gasteiger partial charge in [-0.3, -0.25) is 4.79 Å². The van der Waals surface area contributed by atoms with Gasteiger partial charge in [-0.05, 0) is 24.5 Å². The predicted molar refractivity (Wildman–Crippen MR) is 75.6 cm³/mol. The summed E-state index contributed by atoms with van der Waals surface area (Å²) in [6.07, 6.45) is 4.73. The second kappa shape index (κ2) is 6.57. The lowest BCUT2D eigenvalue weighted by molar-refractivity contribution is -0.122. The van der Waals surface area contributed by atoms with E-state index in [1.807, 2.05) is 18.2 Å². The summed E-state index contributed by atoms with van der Waals surface area (Å²) in [5, 5.41) is 12.9. The van der Waals surface area contributed by atoms with E-state index in [1.165, 1.54) is 0 Å². The normalized spacial score (nSPS) is 23.6. The zero-order valence-corrected chi connectivity index (χ0v) is 11.1. The van der Waals surface area contributed by atoms with E-state index in [2.05, 4.69) is 5.32 Å². The fourth-order valence-corrected chi connectivity index (χ4v) is 2.58. The van der Waals surface area contributed by atoms with Gasteiger partial charge in [0, 0.05) is 5.69 Å². The topological polar surface area (TPSA) is 75.4 Å². The minimum Gasteiger partial charge on any atom is -0.398 e. The highest BCUT2D eigenvalue weighted by atomic mass is 16.3. The summed E-state index contributed by atoms with van der Waals surface area (Å²) in [6, 6.07) is 7.27. The highest BCUT2D eigenvalue weighted by Gasteiger charge is 2.23. The fraction of sp³-hybridized carbons (Fsp3) is 0.533. The van der Waals surface area contributed by atoms with Gasteiger partial charge in [-0.2, -0.15) is 0 Å². The molecule has 1 aliphatic carbocycles. The number of anilines is 1. The van der Waals surface area contributed by atoms with E-state index >= 15 is 0 Å². The number of nitrogen functional groups attached to an aromatic ring is 1. The number of hydrogen-bond donors (Lipinski definition) is 3. The number of aliphatic hydroxyl groups is 1. The molecule has 1 aliphatic rings. The average molecular weight is 262 g/mol. The Morgan fingerprint density at radius 3 is 2.79 bits per heavy atom. The Labute approximate surface area is 114 Å². The first-order chi connectivity index (χ1) is 9.16. The van der Waals surface area contributed by atoms with Crippen molar-refractivity contribution in [1.82, 2.24) is 5.32 Å². The van der Waals surface area contributed by atoms with Crippen LogP contribution in [-0.2, 0) is 11.2 Å². The smallest absolute Gasteiger partial charge is 0.224 e. The van der Waals surface area contributed by atoms with Gasteiger partial charge in [-0.15, -0.1) is 0 Å². The van der Waals surface area contributed by atoms with Gasteiger partial charge in [-0.1, -0.05) is 37.5 Å². The summed E-state index contributed by atoms with van der Waals surface area (Å²) in [4.78, 5) is 12.0. The van der Waals surface area contributed by atoms with Crippen molar-refractivity contribution < 1.29 is 9.90 Å². The van der Waals surface area contributed by atoms with E-state index in [-0.39, 0.29) is 18.4 Å². The molecule has 4 heteroatoms. The van der Waals surface area contributed by atoms with Gasteiger partial charge in [0.2, 0.25) is 5.91 Å². The molecule has 19 heavy (non-hydrogen) atoms. The molecule has 0 aliphatic heterocycles. The third kappa shape index (κ3) is 3.96. The maximum atomic E-state index is 12.0. The lowest BCUT2D eigenvalue weighted by Crippen LogP contribution is -2.43. The van der Waals surface area contributed by atoms with Crippen molar-refractivity contribution in [2.24, 2.45) is 0 Å². The Hall–Kier alpha value is -1.55. The molecule has 1 aromatic rings. The summed E-state index contributed by atoms with van der Waals surface area (Å²) >= 11 is 0. The van der Waals surface area contributed by atoms with Gasteiger partial charge >= 0.3 is 0 Å². The third-order valence-electron chi connectivity index (χ3n) is 3.73. The van der Waals surface area contributed by atoms with E-state index in [9.17, 15) is 9.90 Å². The average Bonchev–Trinajstić information content (AvgIpc) is 2.58. The molecule has 4 nitrogen and oxygen atoms in total. The van der Waals surface area contributed by atoms with E-state index in [0.29, 0.717) is 5.69 Å². The molecule has 0 bridgehead atoms. The Morgan fingerprint density at radius 1 is 1.26 bits per heavy atom. The number of carbonyl (C=O) groups is 1. The van der Waals surface area contributed by atoms with E-state index < -0.39 is 6.10 Å². The molecule has 1 fully saturated rings. The van der Waals surface area contributed by atoms with Crippen LogP contribution in [0.2, 0.25) is 0 Å². The lowest BCUT2D eigenvalue weighted by atomic mass is 10.0. The summed E-state index contributed by atoms with van der Waals surface area (Å²) in [5.41, 5.74) is 7.30. The SMILES string of the molecule is Nc1ccccc1CC(=O)NC1CCCCCC1O. The standard InChI is InChI=1S/C15H22N2O2/c16-12-7-5-4-6-11(12)10-15(19)17-13-8-2-1-3-9-14(13)18/h4-7,13-14,18H,1-3,8-10,16H2,(H,17,19). The number of amides is 1. The van der Waals surface area contributed by atoms with Gasteiger partial charge in [0.05, 0.1) is 18.6 Å². The molecule has 2 unspecified atom stereocenters. The van der Waals surface area contributed by atoms with E-state index in [0.717, 1.165) is 37.7 Å². The minimum atomic E-state index is -0.417. The van der Waals surface area contributed by atoms with Crippen molar-refractivity contribution in [2.45, 2.75) is 50.7 Å². The molecule has 1 saturated carbocycles. The number of aliphatic hydroxyl groups excluding tert-OH is 1. The quantitative estimate of drug-likeness (QED) is 0.572. The van der Waals surface area contributed by atoms with Crippen molar-refractivity contribution in [2.75, 3.05) is 5.73 Å². The third-order valence-corrected chi connectivity index (χ3v) is 3.73. The molecule has 0 saturated heterocycles. The number of rotatable bonds is 3. The second-order valence-electron chi connectivity index (χ2n) is 5.25. The fourth-order valence-electron chi connectivity index (χ4n) is 2.58. The summed E-state index contributed by atoms with van der Waals surface area (Å²) in [7, 11) is 0. The highest BCUT2D eigenvalue weighted by Crippen LogP contribution is 2.18. The van der Waals surface area contributed by atoms with Crippen molar-refractivity contribution >= 4 is 11.6 Å². The molecule has 2 atom stereocenters. The molecule has 0 heterocycles. The van der Waals surface area contributed by atoms with Crippen LogP contribution in [0, 0.1) is 0 Å². The maximum absolute atomic E-state index is 12.0. The molecule has 0 spiro atoms. The lowest BCUT2D eigenvalue weighted by Gasteiger charge is -2.21. The van der Waals surface area contributed by atoms with Crippen LogP contribution in [0.15, 0.2) is 24.3 Å². The first-order valence-electron chi connectivity index (χ1n) is 6.97. The molecule has 1 amide bonds. The summed E-state index contributed by atoms with van der Waals surface area (Å²) < 4.78 is 0. The molecule has 2 rings (SSSR count). The van der Waals surface area contributed by atoms with Crippen LogP contribution < -0.4 is 11.1 Å². The maximum Gasteiger partial charge on any atom is 0.224 e. The Morgan fingerprint density at radius 2 is 2.00 bits per heavy atom. The molecule has 4 N–H and O–H groups in total. The zero-order chi connectivity index (χ0) is 13.7. The van der Waals surface area contributed by atoms with Gasteiger partial charge < -0.3 is 16.2 Å². The van der Waals surface area contributed by atoms with E-state index in [1.54, 1.807) is 6.07 Å². The zero-order valence-electron chi connectivity index (χ0n) is 11.1. The number of nitrogens with two attached hydrogens (primary N) is 1. The van der Waals surface area contributed by atoms with Gasteiger partial charge in [0.15, 0.2) is 0 Å². The van der Waals surface area contributed by atoms with Crippen LogP contribution in [0.3, 0.4) is 0 Å². The predicted octanol–water partition coefficient (Wildman–Crippen LogP) is 1.62. The van der Waals surface area contributed by atoms with Gasteiger partial charge in [-0.25, -0.2) is 0 Å². The number of carbonyl (C=O) groups excluding carboxylic acids is 1. The molecular weight excluding hydrogens is 240 g/mol. The first-order valence-corrected chi connectivity index (χ1v) is 6.97. The molecule has 0 radical (unpaired) electrons. The van der Waals surface area contributed by atoms with Crippen molar-refractivity contribution in [3.8, 4) is 0 Å². The van der Waals surface area contributed by atoms with Crippen molar-refractivity contribution in [3.63, 3.8) is 0 Å². The summed E-state index contributed by atoms with van der Waals surface area (Å²) in [5.74, 6) is -0.0659. The Bertz CT molecular complexity index is 434. The molecular formula is C15H22N2O2. The monoisotopic (exact) mass is 262 g/mol. The Kier molecular flexibility index (Phi) is 4.80. The van der Waals surface area contributed by atoms with Crippen LogP contribution >= 0.6 is 0 Å². The first kappa shape index (κ1) is 13.9. The van der Waals surface area contributed by atoms with Gasteiger partial charge in [0.25, 0.3) is 0 Å². The van der Waals surface area contributed by atoms with Crippen LogP contribution in [-0.4, -0.2) is 23.2 Å². The second-order valence-corrected chi connectivity index (χ2v) is 5.25. The van der Waals surface area contributed by atoms with E-state index in [4.69, 9.17) is 5.73 Å². The minimum absolute atomic E-state index is 0.0659. The largest absolute Gasteiger partial charge is 0.398 e. The number of para-hydroxylation sites is 1. The Balaban J connectivity index is 1.92. The number of nitrogens with one attached hydrogen (secondary N) is 1. The highest BCUT2D eigenvalue weighted by molar-refractivity contribution is 5.80. The number of benzene rings is 1. The molecule has 1 aromatic carbocycles. The van der Waals surface area contributed by atoms with Crippen LogP contribution in [0.5, 0.6) is 0 Å². The molecule has 104 valence electrons.